The summed E-state index contributed by atoms with van der Waals surface area (Å²) in [5.74, 6) is 0.0409. The van der Waals surface area contributed by atoms with E-state index in [4.69, 9.17) is 11.6 Å². The van der Waals surface area contributed by atoms with Crippen molar-refractivity contribution in [2.45, 2.75) is 19.3 Å². The maximum atomic E-state index is 11.2. The first-order valence-corrected chi connectivity index (χ1v) is 5.54. The van der Waals surface area contributed by atoms with Gasteiger partial charge in [-0.25, -0.2) is 0 Å². The van der Waals surface area contributed by atoms with Crippen molar-refractivity contribution in [3.05, 3.63) is 34.9 Å². The van der Waals surface area contributed by atoms with Gasteiger partial charge in [-0.15, -0.1) is 0 Å². The molecule has 0 fully saturated rings. The van der Waals surface area contributed by atoms with Crippen molar-refractivity contribution in [1.29, 1.82) is 0 Å². The second kappa shape index (κ2) is 7.01. The second-order valence-corrected chi connectivity index (χ2v) is 3.89. The smallest absolute Gasteiger partial charge is 0.207 e. The van der Waals surface area contributed by atoms with E-state index < -0.39 is 0 Å². The minimum Gasteiger partial charge on any atom is -0.352 e. The molecule has 86 valence electrons. The van der Waals surface area contributed by atoms with Gasteiger partial charge in [0, 0.05) is 11.4 Å². The molecule has 1 N–H and O–H groups in total. The number of halogens is 1. The number of hydrogen-bond donors (Lipinski definition) is 1. The van der Waals surface area contributed by atoms with Gasteiger partial charge in [0.15, 0.2) is 5.78 Å². The topological polar surface area (TPSA) is 46.2 Å². The van der Waals surface area contributed by atoms with Crippen LogP contribution in [-0.2, 0) is 16.0 Å². The summed E-state index contributed by atoms with van der Waals surface area (Å²) in [5, 5.41) is 3.09. The molecule has 0 unspecified atom stereocenters. The summed E-state index contributed by atoms with van der Waals surface area (Å²) in [6.07, 6.45) is 2.54. The summed E-state index contributed by atoms with van der Waals surface area (Å²) < 4.78 is 0. The average Bonchev–Trinajstić information content (AvgIpc) is 2.29. The Bertz CT molecular complexity index is 366. The Labute approximate surface area is 99.8 Å². The van der Waals surface area contributed by atoms with Crippen molar-refractivity contribution < 1.29 is 9.59 Å². The lowest BCUT2D eigenvalue weighted by molar-refractivity contribution is -0.120. The molecule has 0 aliphatic heterocycles. The minimum absolute atomic E-state index is 0.0409. The molecule has 0 saturated heterocycles. The van der Waals surface area contributed by atoms with Crippen molar-refractivity contribution in [3.8, 4) is 0 Å². The van der Waals surface area contributed by atoms with Crippen LogP contribution in [0.15, 0.2) is 24.3 Å². The van der Waals surface area contributed by atoms with Gasteiger partial charge < -0.3 is 5.32 Å². The normalized spacial score (nSPS) is 9.81. The van der Waals surface area contributed by atoms with E-state index >= 15 is 0 Å². The van der Waals surface area contributed by atoms with Gasteiger partial charge in [0.05, 0.1) is 6.54 Å². The van der Waals surface area contributed by atoms with Crippen LogP contribution in [0.1, 0.15) is 18.4 Å². The van der Waals surface area contributed by atoms with E-state index in [1.54, 1.807) is 0 Å². The van der Waals surface area contributed by atoms with Crippen LogP contribution < -0.4 is 5.32 Å². The first-order chi connectivity index (χ1) is 7.74. The van der Waals surface area contributed by atoms with E-state index in [2.05, 4.69) is 5.32 Å². The summed E-state index contributed by atoms with van der Waals surface area (Å²) in [7, 11) is 0. The van der Waals surface area contributed by atoms with E-state index in [0.29, 0.717) is 12.8 Å². The van der Waals surface area contributed by atoms with Crippen LogP contribution in [0.5, 0.6) is 0 Å². The van der Waals surface area contributed by atoms with Gasteiger partial charge in [0.2, 0.25) is 6.41 Å². The fourth-order valence-electron chi connectivity index (χ4n) is 1.42. The zero-order chi connectivity index (χ0) is 11.8. The monoisotopic (exact) mass is 239 g/mol. The zero-order valence-electron chi connectivity index (χ0n) is 8.91. The van der Waals surface area contributed by atoms with Gasteiger partial charge in [-0.05, 0) is 24.5 Å². The predicted molar refractivity (Wildman–Crippen MR) is 63.5 cm³/mol. The highest BCUT2D eigenvalue weighted by Crippen LogP contribution is 2.17. The number of amides is 1. The summed E-state index contributed by atoms with van der Waals surface area (Å²) in [6, 6.07) is 7.60. The maximum absolute atomic E-state index is 11.2. The van der Waals surface area contributed by atoms with E-state index in [9.17, 15) is 9.59 Å². The highest BCUT2D eigenvalue weighted by atomic mass is 35.5. The number of aryl methyl sites for hydroxylation is 1. The predicted octanol–water partition coefficient (Wildman–Crippen LogP) is 1.98. The summed E-state index contributed by atoms with van der Waals surface area (Å²) >= 11 is 5.98. The van der Waals surface area contributed by atoms with Crippen LogP contribution >= 0.6 is 11.6 Å². The molecule has 0 aliphatic rings. The molecule has 16 heavy (non-hydrogen) atoms. The Morgan fingerprint density at radius 3 is 2.81 bits per heavy atom. The molecular formula is C12H14ClNO2. The molecule has 1 rings (SSSR count). The average molecular weight is 240 g/mol. The first kappa shape index (κ1) is 12.7. The van der Waals surface area contributed by atoms with Crippen molar-refractivity contribution in [1.82, 2.24) is 5.32 Å². The number of Topliss-reactive ketones (excluding diaryl/α,β-unsaturated/α-hetero) is 1. The molecule has 0 aromatic heterocycles. The van der Waals surface area contributed by atoms with Crippen LogP contribution in [0, 0.1) is 0 Å². The molecule has 3 nitrogen and oxygen atoms in total. The van der Waals surface area contributed by atoms with Crippen molar-refractivity contribution in [3.63, 3.8) is 0 Å². The van der Waals surface area contributed by atoms with Crippen molar-refractivity contribution in [2.75, 3.05) is 6.54 Å². The number of rotatable bonds is 7. The Morgan fingerprint density at radius 2 is 2.12 bits per heavy atom. The van der Waals surface area contributed by atoms with Gasteiger partial charge >= 0.3 is 0 Å². The van der Waals surface area contributed by atoms with Crippen LogP contribution in [0.2, 0.25) is 5.02 Å². The van der Waals surface area contributed by atoms with E-state index in [0.717, 1.165) is 23.4 Å². The number of carbonyl (C=O) groups excluding carboxylic acids is 2. The van der Waals surface area contributed by atoms with Gasteiger partial charge in [-0.1, -0.05) is 29.8 Å². The Balaban J connectivity index is 2.28. The van der Waals surface area contributed by atoms with Crippen LogP contribution in [0.4, 0.5) is 0 Å². The van der Waals surface area contributed by atoms with Gasteiger partial charge in [0.25, 0.3) is 0 Å². The number of hydrogen-bond acceptors (Lipinski definition) is 2. The summed E-state index contributed by atoms with van der Waals surface area (Å²) in [4.78, 5) is 21.2. The Morgan fingerprint density at radius 1 is 1.38 bits per heavy atom. The summed E-state index contributed by atoms with van der Waals surface area (Å²) in [6.45, 7) is 0.117. The molecule has 0 spiro atoms. The van der Waals surface area contributed by atoms with E-state index in [1.165, 1.54) is 0 Å². The van der Waals surface area contributed by atoms with Crippen LogP contribution in [0.25, 0.3) is 0 Å². The third-order valence-corrected chi connectivity index (χ3v) is 2.61. The second-order valence-electron chi connectivity index (χ2n) is 3.48. The first-order valence-electron chi connectivity index (χ1n) is 5.16. The SMILES string of the molecule is O=CNCC(=O)CCCc1ccccc1Cl. The lowest BCUT2D eigenvalue weighted by Gasteiger charge is -2.03. The third-order valence-electron chi connectivity index (χ3n) is 2.24. The fraction of sp³-hybridized carbons (Fsp3) is 0.333. The minimum atomic E-state index is 0.0409. The number of benzene rings is 1. The zero-order valence-corrected chi connectivity index (χ0v) is 9.67. The number of carbonyl (C=O) groups is 2. The number of ketones is 1. The van der Waals surface area contributed by atoms with Crippen LogP contribution in [0.3, 0.4) is 0 Å². The Kier molecular flexibility index (Phi) is 5.57. The van der Waals surface area contributed by atoms with Crippen molar-refractivity contribution in [2.24, 2.45) is 0 Å². The van der Waals surface area contributed by atoms with Gasteiger partial charge in [-0.2, -0.15) is 0 Å². The molecule has 0 saturated carbocycles. The largest absolute Gasteiger partial charge is 0.352 e. The lowest BCUT2D eigenvalue weighted by Crippen LogP contribution is -2.21. The highest BCUT2D eigenvalue weighted by molar-refractivity contribution is 6.31. The van der Waals surface area contributed by atoms with E-state index in [1.807, 2.05) is 24.3 Å². The third kappa shape index (κ3) is 4.45. The molecule has 0 bridgehead atoms. The van der Waals surface area contributed by atoms with Gasteiger partial charge in [0.1, 0.15) is 0 Å². The molecule has 1 aromatic carbocycles. The number of nitrogens with one attached hydrogen (secondary N) is 1. The molecule has 0 aliphatic carbocycles. The molecular weight excluding hydrogens is 226 g/mol. The lowest BCUT2D eigenvalue weighted by atomic mass is 10.1. The fourth-order valence-corrected chi connectivity index (χ4v) is 1.65. The van der Waals surface area contributed by atoms with Crippen LogP contribution in [-0.4, -0.2) is 18.7 Å². The standard InChI is InChI=1S/C12H14ClNO2/c13-12-7-2-1-4-10(12)5-3-6-11(16)8-14-9-15/h1-2,4,7,9H,3,5-6,8H2,(H,14,15). The maximum Gasteiger partial charge on any atom is 0.207 e. The molecule has 1 aromatic rings. The van der Waals surface area contributed by atoms with E-state index in [-0.39, 0.29) is 12.3 Å². The molecule has 1 amide bonds. The highest BCUT2D eigenvalue weighted by Gasteiger charge is 2.03. The van der Waals surface area contributed by atoms with Crippen molar-refractivity contribution >= 4 is 23.8 Å². The Hall–Kier alpha value is -1.35. The molecule has 0 heterocycles. The molecule has 0 radical (unpaired) electrons. The summed E-state index contributed by atoms with van der Waals surface area (Å²) in [5.41, 5.74) is 1.06. The van der Waals surface area contributed by atoms with Gasteiger partial charge in [-0.3, -0.25) is 9.59 Å². The molecule has 4 heteroatoms. The molecule has 0 atom stereocenters. The quantitative estimate of drug-likeness (QED) is 0.740.